The van der Waals surface area contributed by atoms with Gasteiger partial charge in [0.1, 0.15) is 29.9 Å². The van der Waals surface area contributed by atoms with Crippen LogP contribution in [0.25, 0.3) is 33.3 Å². The molecule has 16 nitrogen and oxygen atoms in total. The van der Waals surface area contributed by atoms with Crippen molar-refractivity contribution in [2.24, 2.45) is 5.41 Å². The van der Waals surface area contributed by atoms with Gasteiger partial charge in [-0.2, -0.15) is 0 Å². The molecule has 5 N–H and O–H groups in total. The number of carbonyl (C=O) groups is 5. The van der Waals surface area contributed by atoms with Crippen molar-refractivity contribution in [3.05, 3.63) is 83.7 Å². The average molecular weight is 889 g/mol. The molecule has 4 aromatic rings. The minimum atomic E-state index is -1.20. The number of likely N-dealkylation sites (tertiary alicyclic amines) is 1. The van der Waals surface area contributed by atoms with Crippen molar-refractivity contribution in [1.29, 1.82) is 0 Å². The van der Waals surface area contributed by atoms with Crippen LogP contribution in [0.4, 0.5) is 0 Å². The number of methoxy groups -OCH3 is 1. The van der Waals surface area contributed by atoms with Crippen molar-refractivity contribution in [2.75, 3.05) is 33.4 Å². The molecule has 4 aliphatic rings. The average Bonchev–Trinajstić information content (AvgIpc) is 4.03. The van der Waals surface area contributed by atoms with E-state index in [4.69, 9.17) is 14.5 Å². The molecule has 4 amide bonds. The molecular weight excluding hydrogens is 829 g/mol. The van der Waals surface area contributed by atoms with Gasteiger partial charge in [0.2, 0.25) is 17.7 Å². The molecule has 0 spiro atoms. The third-order valence-corrected chi connectivity index (χ3v) is 13.0. The lowest BCUT2D eigenvalue weighted by Crippen LogP contribution is -2.62. The summed E-state index contributed by atoms with van der Waals surface area (Å²) in [7, 11) is 1.67. The zero-order valence-electron chi connectivity index (χ0n) is 38.0. The smallest absolute Gasteiger partial charge is 0.324 e. The lowest BCUT2D eigenvalue weighted by atomic mass is 9.84. The predicted molar refractivity (Wildman–Crippen MR) is 244 cm³/mol. The highest BCUT2D eigenvalue weighted by Gasteiger charge is 2.43. The molecule has 2 aromatic heterocycles. The predicted octanol–water partition coefficient (Wildman–Crippen LogP) is 4.09. The number of phenolic OH excluding ortho intramolecular Hbond substituents is 1. The molecule has 6 heterocycles. The van der Waals surface area contributed by atoms with Gasteiger partial charge in [-0.25, -0.2) is 5.43 Å². The number of rotatable bonds is 10. The van der Waals surface area contributed by atoms with E-state index in [1.165, 1.54) is 9.91 Å². The first-order valence-electron chi connectivity index (χ1n) is 22.6. The number of nitrogens with zero attached hydrogens (tertiary/aromatic N) is 4. The molecule has 0 aliphatic carbocycles. The Morgan fingerprint density at radius 1 is 1.05 bits per heavy atom. The number of hydrogen-bond acceptors (Lipinski definition) is 11. The summed E-state index contributed by atoms with van der Waals surface area (Å²) in [5, 5.41) is 22.3. The van der Waals surface area contributed by atoms with Crippen molar-refractivity contribution in [2.45, 2.75) is 110 Å². The Morgan fingerprint density at radius 2 is 1.83 bits per heavy atom. The number of hydrazine groups is 1. The van der Waals surface area contributed by atoms with Crippen LogP contribution in [0.5, 0.6) is 5.75 Å². The summed E-state index contributed by atoms with van der Waals surface area (Å²) in [4.78, 5) is 75.4. The fourth-order valence-corrected chi connectivity index (χ4v) is 9.56. The highest BCUT2D eigenvalue weighted by atomic mass is 16.5. The number of pyridine rings is 1. The number of aromatic nitrogens is 2. The lowest BCUT2D eigenvalue weighted by molar-refractivity contribution is -0.155. The Hall–Kier alpha value is -6.10. The number of aryl methyl sites for hydroxylation is 1. The summed E-state index contributed by atoms with van der Waals surface area (Å²) in [6.07, 6.45) is 3.21. The minimum Gasteiger partial charge on any atom is -0.508 e. The molecule has 8 rings (SSSR count). The summed E-state index contributed by atoms with van der Waals surface area (Å²) in [6, 6.07) is 11.1. The number of carbonyl (C=O) groups excluding carboxylic acids is 5. The molecule has 6 bridgehead atoms. The first-order valence-corrected chi connectivity index (χ1v) is 22.6. The maximum atomic E-state index is 14.7. The number of phenols is 1. The third-order valence-electron chi connectivity index (χ3n) is 13.0. The first kappa shape index (κ1) is 45.5. The standard InChI is InChI=1S/C49H60N8O8/c1-8-55-40-14-13-30-23-34(40)35(43(55)33-11-9-16-50-41(33)28(4)64-7)24-49(5,6)26-65-48(63)37-12-10-17-57(54-37)47(62)38(21-29-19-31(30)22-32(58)20-29)53-45(60)42(27(2)3)56-18-15-36(46(56)61)52-44(59)39-25-51-39/h9,11,13-14,16,19-20,22-23,28,36-39,42,51,54,58H,2,8,10,12,15,17-18,21,24-26H2,1,3-7H3,(H,52,59)(H,53,60)/t28-,36+,37-,38-,39+,42-/m0/s1. The second-order valence-electron chi connectivity index (χ2n) is 18.6. The van der Waals surface area contributed by atoms with Crippen molar-refractivity contribution >= 4 is 40.5 Å². The minimum absolute atomic E-state index is 0.0258. The monoisotopic (exact) mass is 888 g/mol. The van der Waals surface area contributed by atoms with Gasteiger partial charge in [0.15, 0.2) is 0 Å². The quantitative estimate of drug-likeness (QED) is 0.0872. The van der Waals surface area contributed by atoms with Crippen LogP contribution < -0.4 is 21.4 Å². The summed E-state index contributed by atoms with van der Waals surface area (Å²) in [5.41, 5.74) is 9.81. The number of esters is 1. The zero-order chi connectivity index (χ0) is 46.3. The van der Waals surface area contributed by atoms with E-state index in [1.807, 2.05) is 25.1 Å². The second kappa shape index (κ2) is 18.4. The number of nitrogens with one attached hydrogen (secondary N) is 4. The largest absolute Gasteiger partial charge is 0.508 e. The SMILES string of the molecule is C=C(C)[C@@H](C(=O)N[C@H]1Cc2cc(O)cc(c2)-c2ccc3c(c2)c(c(-c2cccnc2[C@H](C)OC)n3CC)CC(C)(C)COC(=O)[C@@H]2CCCN(N2)C1=O)N1CC[C@@H](NC(=O)[C@H]2CN2)C1=O. The maximum Gasteiger partial charge on any atom is 0.324 e. The van der Waals surface area contributed by atoms with E-state index in [2.05, 4.69) is 71.5 Å². The Balaban J connectivity index is 1.20. The number of amides is 4. The number of cyclic esters (lactones) is 1. The third kappa shape index (κ3) is 9.38. The van der Waals surface area contributed by atoms with Gasteiger partial charge >= 0.3 is 5.97 Å². The topological polar surface area (TPSA) is 206 Å². The molecule has 3 saturated heterocycles. The number of ether oxygens (including phenoxy) is 2. The van der Waals surface area contributed by atoms with Crippen LogP contribution >= 0.6 is 0 Å². The number of aromatic hydroxyl groups is 1. The Kier molecular flexibility index (Phi) is 12.9. The van der Waals surface area contributed by atoms with Gasteiger partial charge in [0.05, 0.1) is 30.1 Å². The van der Waals surface area contributed by atoms with Gasteiger partial charge < -0.3 is 40.0 Å². The molecule has 3 fully saturated rings. The van der Waals surface area contributed by atoms with Crippen LogP contribution in [0.1, 0.15) is 76.8 Å². The number of benzene rings is 2. The fraction of sp³-hybridized carbons (Fsp3) is 0.469. The van der Waals surface area contributed by atoms with E-state index in [0.717, 1.165) is 39.0 Å². The normalized spacial score (nSPS) is 23.1. The van der Waals surface area contributed by atoms with E-state index in [0.29, 0.717) is 55.5 Å². The van der Waals surface area contributed by atoms with Crippen LogP contribution in [-0.2, 0) is 52.8 Å². The molecule has 0 unspecified atom stereocenters. The fourth-order valence-electron chi connectivity index (χ4n) is 9.56. The molecule has 65 heavy (non-hydrogen) atoms. The molecule has 6 atom stereocenters. The van der Waals surface area contributed by atoms with E-state index >= 15 is 0 Å². The van der Waals surface area contributed by atoms with Gasteiger partial charge in [0.25, 0.3) is 5.91 Å². The first-order chi connectivity index (χ1) is 31.1. The molecule has 344 valence electrons. The molecule has 2 aromatic carbocycles. The van der Waals surface area contributed by atoms with Gasteiger partial charge in [-0.3, -0.25) is 34.0 Å². The Morgan fingerprint density at radius 3 is 2.55 bits per heavy atom. The van der Waals surface area contributed by atoms with Crippen molar-refractivity contribution in [1.82, 2.24) is 40.8 Å². The van der Waals surface area contributed by atoms with E-state index in [9.17, 15) is 29.1 Å². The summed E-state index contributed by atoms with van der Waals surface area (Å²) < 4.78 is 14.2. The molecule has 0 saturated carbocycles. The van der Waals surface area contributed by atoms with Gasteiger partial charge in [-0.05, 0) is 111 Å². The number of hydrogen-bond donors (Lipinski definition) is 5. The van der Waals surface area contributed by atoms with Gasteiger partial charge in [-0.15, -0.1) is 0 Å². The van der Waals surface area contributed by atoms with Gasteiger partial charge in [-0.1, -0.05) is 32.6 Å². The van der Waals surface area contributed by atoms with Crippen LogP contribution in [0.3, 0.4) is 0 Å². The molecule has 4 aliphatic heterocycles. The van der Waals surface area contributed by atoms with Crippen molar-refractivity contribution in [3.8, 4) is 28.1 Å². The molecule has 16 heteroatoms. The van der Waals surface area contributed by atoms with Crippen molar-refractivity contribution in [3.63, 3.8) is 0 Å². The highest BCUT2D eigenvalue weighted by Crippen LogP contribution is 2.42. The van der Waals surface area contributed by atoms with Crippen LogP contribution in [0.15, 0.2) is 66.9 Å². The van der Waals surface area contributed by atoms with E-state index < -0.39 is 53.3 Å². The molecule has 0 radical (unpaired) electrons. The number of fused-ring (bicyclic) bond motifs is 6. The van der Waals surface area contributed by atoms with E-state index in [1.54, 1.807) is 32.4 Å². The van der Waals surface area contributed by atoms with Crippen LogP contribution in [0, 0.1) is 5.41 Å². The second-order valence-corrected chi connectivity index (χ2v) is 18.6. The maximum absolute atomic E-state index is 14.7. The van der Waals surface area contributed by atoms with E-state index in [-0.39, 0.29) is 49.9 Å². The van der Waals surface area contributed by atoms with Crippen molar-refractivity contribution < 1.29 is 38.6 Å². The highest BCUT2D eigenvalue weighted by molar-refractivity contribution is 5.98. The lowest BCUT2D eigenvalue weighted by Gasteiger charge is -2.36. The Labute approximate surface area is 379 Å². The summed E-state index contributed by atoms with van der Waals surface area (Å²) in [5.74, 6) is -2.33. The molecular formula is C49H60N8O8. The van der Waals surface area contributed by atoms with Crippen LogP contribution in [0.2, 0.25) is 0 Å². The Bertz CT molecular complexity index is 2550. The van der Waals surface area contributed by atoms with Gasteiger partial charge in [0, 0.05) is 67.8 Å². The van der Waals surface area contributed by atoms with Crippen LogP contribution in [-0.4, -0.2) is 118 Å². The zero-order valence-corrected chi connectivity index (χ0v) is 38.0. The summed E-state index contributed by atoms with van der Waals surface area (Å²) in [6.45, 7) is 15.7. The summed E-state index contributed by atoms with van der Waals surface area (Å²) >= 11 is 0.